The number of carbonyl (C=O) groups excluding carboxylic acids is 1. The van der Waals surface area contributed by atoms with Gasteiger partial charge in [0.2, 0.25) is 0 Å². The van der Waals surface area contributed by atoms with Gasteiger partial charge in [0.25, 0.3) is 0 Å². The molecule has 4 saturated carbocycles. The Balaban J connectivity index is 1.35. The summed E-state index contributed by atoms with van der Waals surface area (Å²) in [7, 11) is 3.20. The number of hydrogen-bond acceptors (Lipinski definition) is 4. The molecule has 0 spiro atoms. The number of methoxy groups -OCH3 is 2. The first-order valence-corrected chi connectivity index (χ1v) is 15.0. The van der Waals surface area contributed by atoms with E-state index < -0.39 is 0 Å². The molecule has 0 aromatic heterocycles. The van der Waals surface area contributed by atoms with Crippen LogP contribution in [-0.4, -0.2) is 33.4 Å². The third-order valence-electron chi connectivity index (χ3n) is 9.71. The molecule has 4 aliphatic carbocycles. The Kier molecular flexibility index (Phi) is 7.66. The van der Waals surface area contributed by atoms with Crippen molar-refractivity contribution in [1.82, 2.24) is 0 Å². The van der Waals surface area contributed by atoms with Crippen LogP contribution >= 0.6 is 0 Å². The molecule has 39 heavy (non-hydrogen) atoms. The summed E-state index contributed by atoms with van der Waals surface area (Å²) < 4.78 is 16.7. The molecule has 0 atom stereocenters. The Morgan fingerprint density at radius 3 is 2.21 bits per heavy atom. The fourth-order valence-corrected chi connectivity index (χ4v) is 8.31. The molecule has 4 bridgehead atoms. The van der Waals surface area contributed by atoms with Crippen LogP contribution in [0.3, 0.4) is 0 Å². The number of carbonyl (C=O) groups is 1. The largest absolute Gasteiger partial charge is 0.493 e. The number of fused-ring (bicyclic) bond motifs is 1. The van der Waals surface area contributed by atoms with Crippen LogP contribution in [-0.2, 0) is 14.9 Å². The van der Waals surface area contributed by atoms with Crippen molar-refractivity contribution in [3.63, 3.8) is 0 Å². The lowest BCUT2D eigenvalue weighted by Crippen LogP contribution is -2.48. The van der Waals surface area contributed by atoms with Crippen molar-refractivity contribution in [3.8, 4) is 16.9 Å². The van der Waals surface area contributed by atoms with E-state index in [0.29, 0.717) is 17.6 Å². The SMILES string of the molecule is COCCCCCCOc1cc(-c2ccccc2C(=O)OC)cc2cc(C34CC5CC(CC(C5)C3)C4)ccc12. The minimum atomic E-state index is -0.313. The van der Waals surface area contributed by atoms with Crippen molar-refractivity contribution in [2.45, 2.75) is 69.6 Å². The van der Waals surface area contributed by atoms with Gasteiger partial charge in [-0.05, 0) is 121 Å². The molecular formula is C35H42O4. The normalized spacial score (nSPS) is 25.2. The number of unbranched alkanes of at least 4 members (excludes halogenated alkanes) is 3. The van der Waals surface area contributed by atoms with E-state index in [1.54, 1.807) is 7.11 Å². The Morgan fingerprint density at radius 1 is 0.821 bits per heavy atom. The quantitative estimate of drug-likeness (QED) is 0.186. The second-order valence-corrected chi connectivity index (χ2v) is 12.4. The summed E-state index contributed by atoms with van der Waals surface area (Å²) in [4.78, 5) is 12.6. The van der Waals surface area contributed by atoms with Gasteiger partial charge in [0.15, 0.2) is 0 Å². The number of benzene rings is 3. The lowest BCUT2D eigenvalue weighted by molar-refractivity contribution is -0.00513. The second-order valence-electron chi connectivity index (χ2n) is 12.4. The molecule has 0 aliphatic heterocycles. The standard InChI is InChI=1S/C35H42O4/c1-37-13-7-3-4-8-14-39-33-20-28(30-9-5-6-10-32(30)34(36)38-2)18-27-19-29(11-12-31(27)33)35-21-24-15-25(22-35)17-26(16-24)23-35/h5-6,9-12,18-20,24-26H,3-4,7-8,13-17,21-23H2,1-2H3. The molecule has 0 heterocycles. The third kappa shape index (κ3) is 5.33. The zero-order valence-corrected chi connectivity index (χ0v) is 23.5. The van der Waals surface area contributed by atoms with Gasteiger partial charge in [0, 0.05) is 19.1 Å². The van der Waals surface area contributed by atoms with Crippen LogP contribution in [0.25, 0.3) is 21.9 Å². The van der Waals surface area contributed by atoms with E-state index in [2.05, 4.69) is 30.3 Å². The molecule has 3 aromatic rings. The van der Waals surface area contributed by atoms with Crippen molar-refractivity contribution < 1.29 is 19.0 Å². The molecule has 3 aromatic carbocycles. The van der Waals surface area contributed by atoms with Crippen molar-refractivity contribution in [1.29, 1.82) is 0 Å². The maximum Gasteiger partial charge on any atom is 0.338 e. The highest BCUT2D eigenvalue weighted by Gasteiger charge is 2.51. The minimum absolute atomic E-state index is 0.313. The molecule has 7 rings (SSSR count). The third-order valence-corrected chi connectivity index (χ3v) is 9.71. The number of esters is 1. The molecule has 4 fully saturated rings. The van der Waals surface area contributed by atoms with Crippen LogP contribution in [0.5, 0.6) is 5.75 Å². The molecule has 0 amide bonds. The van der Waals surface area contributed by atoms with E-state index >= 15 is 0 Å². The number of rotatable bonds is 11. The van der Waals surface area contributed by atoms with E-state index in [-0.39, 0.29) is 5.97 Å². The summed E-state index contributed by atoms with van der Waals surface area (Å²) in [6.45, 7) is 1.50. The molecule has 4 aliphatic rings. The molecule has 206 valence electrons. The lowest BCUT2D eigenvalue weighted by Gasteiger charge is -2.57. The van der Waals surface area contributed by atoms with Crippen LogP contribution < -0.4 is 4.74 Å². The van der Waals surface area contributed by atoms with Crippen molar-refractivity contribution in [2.75, 3.05) is 27.4 Å². The summed E-state index contributed by atoms with van der Waals surface area (Å²) in [5.41, 5.74) is 4.32. The smallest absolute Gasteiger partial charge is 0.338 e. The van der Waals surface area contributed by atoms with Crippen LogP contribution in [0.15, 0.2) is 54.6 Å². The lowest BCUT2D eigenvalue weighted by atomic mass is 9.48. The molecule has 4 heteroatoms. The monoisotopic (exact) mass is 526 g/mol. The summed E-state index contributed by atoms with van der Waals surface area (Å²) in [6, 6.07) is 19.2. The van der Waals surface area contributed by atoms with Crippen LogP contribution in [0.2, 0.25) is 0 Å². The highest BCUT2D eigenvalue weighted by molar-refractivity contribution is 6.00. The molecule has 0 radical (unpaired) electrons. The average molecular weight is 527 g/mol. The van der Waals surface area contributed by atoms with Crippen LogP contribution in [0, 0.1) is 17.8 Å². The Hall–Kier alpha value is -2.85. The fraction of sp³-hybridized carbons (Fsp3) is 0.514. The molecule has 0 N–H and O–H groups in total. The predicted molar refractivity (Wildman–Crippen MR) is 156 cm³/mol. The topological polar surface area (TPSA) is 44.8 Å². The van der Waals surface area contributed by atoms with Crippen LogP contribution in [0.1, 0.15) is 80.1 Å². The Bertz CT molecular complexity index is 1290. The first-order valence-electron chi connectivity index (χ1n) is 15.0. The van der Waals surface area contributed by atoms with Crippen molar-refractivity contribution in [3.05, 3.63) is 65.7 Å². The maximum atomic E-state index is 12.6. The fourth-order valence-electron chi connectivity index (χ4n) is 8.31. The first-order chi connectivity index (χ1) is 19.1. The van der Waals surface area contributed by atoms with Gasteiger partial charge in [-0.15, -0.1) is 0 Å². The van der Waals surface area contributed by atoms with Gasteiger partial charge in [-0.2, -0.15) is 0 Å². The van der Waals surface area contributed by atoms with Gasteiger partial charge in [0.05, 0.1) is 19.3 Å². The molecule has 4 nitrogen and oxygen atoms in total. The zero-order valence-electron chi connectivity index (χ0n) is 23.5. The second kappa shape index (κ2) is 11.3. The Labute approximate surface area is 233 Å². The average Bonchev–Trinajstić information content (AvgIpc) is 2.95. The van der Waals surface area contributed by atoms with Gasteiger partial charge in [-0.25, -0.2) is 4.79 Å². The first kappa shape index (κ1) is 26.4. The van der Waals surface area contributed by atoms with Gasteiger partial charge < -0.3 is 14.2 Å². The molecular weight excluding hydrogens is 484 g/mol. The summed E-state index contributed by atoms with van der Waals surface area (Å²) >= 11 is 0. The van der Waals surface area contributed by atoms with Gasteiger partial charge in [-0.3, -0.25) is 0 Å². The molecule has 0 saturated heterocycles. The van der Waals surface area contributed by atoms with E-state index in [4.69, 9.17) is 14.2 Å². The molecule has 0 unspecified atom stereocenters. The summed E-state index contributed by atoms with van der Waals surface area (Å²) in [5, 5.41) is 2.36. The number of hydrogen-bond donors (Lipinski definition) is 0. The van der Waals surface area contributed by atoms with E-state index in [1.165, 1.54) is 56.6 Å². The predicted octanol–water partition coefficient (Wildman–Crippen LogP) is 8.35. The van der Waals surface area contributed by atoms with Crippen molar-refractivity contribution in [2.24, 2.45) is 17.8 Å². The van der Waals surface area contributed by atoms with Crippen LogP contribution in [0.4, 0.5) is 0 Å². The summed E-state index contributed by atoms with van der Waals surface area (Å²) in [5.74, 6) is 3.32. The zero-order chi connectivity index (χ0) is 26.8. The van der Waals surface area contributed by atoms with Gasteiger partial charge in [0.1, 0.15) is 5.75 Å². The minimum Gasteiger partial charge on any atom is -0.493 e. The van der Waals surface area contributed by atoms with Gasteiger partial charge >= 0.3 is 5.97 Å². The number of ether oxygens (including phenoxy) is 3. The van der Waals surface area contributed by atoms with E-state index in [1.807, 2.05) is 24.3 Å². The Morgan fingerprint density at radius 2 is 1.51 bits per heavy atom. The van der Waals surface area contributed by atoms with E-state index in [0.717, 1.165) is 72.3 Å². The highest BCUT2D eigenvalue weighted by Crippen LogP contribution is 2.61. The highest BCUT2D eigenvalue weighted by atomic mass is 16.5. The summed E-state index contributed by atoms with van der Waals surface area (Å²) in [6.07, 6.45) is 12.8. The maximum absolute atomic E-state index is 12.6. The van der Waals surface area contributed by atoms with E-state index in [9.17, 15) is 4.79 Å². The van der Waals surface area contributed by atoms with Gasteiger partial charge in [-0.1, -0.05) is 42.8 Å². The van der Waals surface area contributed by atoms with Crippen molar-refractivity contribution >= 4 is 16.7 Å².